The second-order valence-corrected chi connectivity index (χ2v) is 6.88. The van der Waals surface area contributed by atoms with Crippen molar-refractivity contribution in [3.8, 4) is 0 Å². The molecule has 0 saturated carbocycles. The minimum absolute atomic E-state index is 0.0452. The van der Waals surface area contributed by atoms with Gasteiger partial charge in [-0.2, -0.15) is 0 Å². The van der Waals surface area contributed by atoms with Gasteiger partial charge in [0.1, 0.15) is 16.5 Å². The van der Waals surface area contributed by atoms with Gasteiger partial charge >= 0.3 is 0 Å². The van der Waals surface area contributed by atoms with Crippen LogP contribution < -0.4 is 4.31 Å². The Bertz CT molecular complexity index is 765. The molecule has 2 aromatic rings. The Kier molecular flexibility index (Phi) is 4.63. The van der Waals surface area contributed by atoms with Crippen LogP contribution in [-0.4, -0.2) is 15.0 Å². The number of hydrogen-bond donors (Lipinski definition) is 0. The molecule has 7 heteroatoms. The predicted octanol–water partition coefficient (Wildman–Crippen LogP) is 3.94. The molecule has 0 unspecified atom stereocenters. The van der Waals surface area contributed by atoms with E-state index in [2.05, 4.69) is 15.9 Å². The molecule has 0 aromatic heterocycles. The number of halogens is 3. The van der Waals surface area contributed by atoms with Crippen molar-refractivity contribution in [3.05, 3.63) is 58.6 Å². The number of nitrogens with zero attached hydrogens (tertiary/aromatic N) is 1. The Labute approximate surface area is 130 Å². The lowest BCUT2D eigenvalue weighted by molar-refractivity contribution is 0.585. The molecule has 0 heterocycles. The SMILES string of the molecule is CCN(c1ccccc1F)S(=O)(=O)c1ccc(F)cc1Br. The molecule has 112 valence electrons. The van der Waals surface area contributed by atoms with Gasteiger partial charge in [-0.25, -0.2) is 17.2 Å². The summed E-state index contributed by atoms with van der Waals surface area (Å²) in [6.45, 7) is 1.65. The number of rotatable bonds is 4. The molecule has 0 aliphatic rings. The van der Waals surface area contributed by atoms with Crippen LogP contribution in [-0.2, 0) is 10.0 Å². The molecule has 2 aromatic carbocycles. The van der Waals surface area contributed by atoms with Gasteiger partial charge in [-0.05, 0) is 53.2 Å². The average Bonchev–Trinajstić information content (AvgIpc) is 2.41. The molecule has 3 nitrogen and oxygen atoms in total. The summed E-state index contributed by atoms with van der Waals surface area (Å²) >= 11 is 3.03. The maximum absolute atomic E-state index is 13.9. The molecule has 21 heavy (non-hydrogen) atoms. The number of anilines is 1. The zero-order chi connectivity index (χ0) is 15.6. The topological polar surface area (TPSA) is 37.4 Å². The zero-order valence-electron chi connectivity index (χ0n) is 11.1. The van der Waals surface area contributed by atoms with Crippen molar-refractivity contribution < 1.29 is 17.2 Å². The van der Waals surface area contributed by atoms with Gasteiger partial charge in [0.15, 0.2) is 0 Å². The predicted molar refractivity (Wildman–Crippen MR) is 80.7 cm³/mol. The standard InChI is InChI=1S/C14H12BrF2NO2S/c1-2-18(13-6-4-3-5-12(13)17)21(19,20)14-8-7-10(16)9-11(14)15/h3-9H,2H2,1H3. The van der Waals surface area contributed by atoms with E-state index < -0.39 is 21.7 Å². The molecule has 0 radical (unpaired) electrons. The second-order valence-electron chi connectivity index (χ2n) is 4.20. The second kappa shape index (κ2) is 6.11. The normalized spacial score (nSPS) is 11.4. The van der Waals surface area contributed by atoms with Crippen LogP contribution in [0.5, 0.6) is 0 Å². The number of benzene rings is 2. The van der Waals surface area contributed by atoms with Crippen LogP contribution in [0.1, 0.15) is 6.92 Å². The Hall–Kier alpha value is -1.47. The van der Waals surface area contributed by atoms with Crippen LogP contribution in [0.15, 0.2) is 51.8 Å². The van der Waals surface area contributed by atoms with E-state index in [-0.39, 0.29) is 21.6 Å². The quantitative estimate of drug-likeness (QED) is 0.811. The van der Waals surface area contributed by atoms with E-state index in [1.165, 1.54) is 18.2 Å². The van der Waals surface area contributed by atoms with E-state index in [9.17, 15) is 17.2 Å². The molecule has 0 N–H and O–H groups in total. The van der Waals surface area contributed by atoms with Crippen molar-refractivity contribution in [1.82, 2.24) is 0 Å². The molecule has 0 atom stereocenters. The summed E-state index contributed by atoms with van der Waals surface area (Å²) in [6.07, 6.45) is 0. The van der Waals surface area contributed by atoms with Crippen molar-refractivity contribution >= 4 is 31.6 Å². The number of hydrogen-bond acceptors (Lipinski definition) is 2. The first-order valence-corrected chi connectivity index (χ1v) is 8.33. The Morgan fingerprint density at radius 2 is 1.81 bits per heavy atom. The van der Waals surface area contributed by atoms with Gasteiger partial charge in [-0.15, -0.1) is 0 Å². The van der Waals surface area contributed by atoms with Gasteiger partial charge in [0, 0.05) is 11.0 Å². The lowest BCUT2D eigenvalue weighted by atomic mass is 10.3. The first kappa shape index (κ1) is 15.9. The minimum atomic E-state index is -3.99. The van der Waals surface area contributed by atoms with E-state index in [0.29, 0.717) is 0 Å². The highest BCUT2D eigenvalue weighted by Gasteiger charge is 2.27. The van der Waals surface area contributed by atoms with Crippen molar-refractivity contribution in [2.45, 2.75) is 11.8 Å². The molecule has 0 spiro atoms. The van der Waals surface area contributed by atoms with Crippen molar-refractivity contribution in [3.63, 3.8) is 0 Å². The van der Waals surface area contributed by atoms with Crippen LogP contribution in [0.4, 0.5) is 14.5 Å². The fraction of sp³-hybridized carbons (Fsp3) is 0.143. The van der Waals surface area contributed by atoms with Crippen molar-refractivity contribution in [2.24, 2.45) is 0 Å². The summed E-state index contributed by atoms with van der Waals surface area (Å²) in [4.78, 5) is -0.117. The van der Waals surface area contributed by atoms with Gasteiger partial charge in [0.25, 0.3) is 10.0 Å². The third kappa shape index (κ3) is 3.08. The van der Waals surface area contributed by atoms with Crippen molar-refractivity contribution in [2.75, 3.05) is 10.8 Å². The average molecular weight is 376 g/mol. The minimum Gasteiger partial charge on any atom is -0.264 e. The van der Waals surface area contributed by atoms with E-state index in [4.69, 9.17) is 0 Å². The highest BCUT2D eigenvalue weighted by Crippen LogP contribution is 2.30. The monoisotopic (exact) mass is 375 g/mol. The summed E-state index contributed by atoms with van der Waals surface area (Å²) in [5.74, 6) is -1.20. The highest BCUT2D eigenvalue weighted by molar-refractivity contribution is 9.10. The molecule has 2 rings (SSSR count). The van der Waals surface area contributed by atoms with Gasteiger partial charge in [-0.1, -0.05) is 12.1 Å². The molecular formula is C14H12BrF2NO2S. The molecule has 0 amide bonds. The fourth-order valence-electron chi connectivity index (χ4n) is 1.93. The van der Waals surface area contributed by atoms with Gasteiger partial charge < -0.3 is 0 Å². The fourth-order valence-corrected chi connectivity index (χ4v) is 4.42. The maximum atomic E-state index is 13.9. The van der Waals surface area contributed by atoms with Crippen LogP contribution in [0, 0.1) is 11.6 Å². The third-order valence-corrected chi connectivity index (χ3v) is 5.74. The Balaban J connectivity index is 2.58. The van der Waals surface area contributed by atoms with E-state index >= 15 is 0 Å². The van der Waals surface area contributed by atoms with E-state index in [1.54, 1.807) is 13.0 Å². The summed E-state index contributed by atoms with van der Waals surface area (Å²) in [5.41, 5.74) is -0.0452. The third-order valence-electron chi connectivity index (χ3n) is 2.87. The largest absolute Gasteiger partial charge is 0.265 e. The summed E-state index contributed by atoms with van der Waals surface area (Å²) < 4.78 is 53.3. The zero-order valence-corrected chi connectivity index (χ0v) is 13.5. The Morgan fingerprint density at radius 1 is 1.14 bits per heavy atom. The lowest BCUT2D eigenvalue weighted by Gasteiger charge is -2.23. The summed E-state index contributed by atoms with van der Waals surface area (Å²) in [6, 6.07) is 8.86. The van der Waals surface area contributed by atoms with E-state index in [0.717, 1.165) is 22.5 Å². The van der Waals surface area contributed by atoms with Crippen LogP contribution in [0.3, 0.4) is 0 Å². The smallest absolute Gasteiger partial charge is 0.264 e. The molecule has 0 aliphatic heterocycles. The number of sulfonamides is 1. The molecule has 0 fully saturated rings. The van der Waals surface area contributed by atoms with Crippen LogP contribution in [0.2, 0.25) is 0 Å². The Morgan fingerprint density at radius 3 is 2.38 bits per heavy atom. The van der Waals surface area contributed by atoms with Gasteiger partial charge in [0.05, 0.1) is 5.69 Å². The highest BCUT2D eigenvalue weighted by atomic mass is 79.9. The van der Waals surface area contributed by atoms with Crippen LogP contribution >= 0.6 is 15.9 Å². The van der Waals surface area contributed by atoms with Crippen LogP contribution in [0.25, 0.3) is 0 Å². The van der Waals surface area contributed by atoms with Crippen molar-refractivity contribution in [1.29, 1.82) is 0 Å². The number of para-hydroxylation sites is 1. The van der Waals surface area contributed by atoms with Gasteiger partial charge in [0.2, 0.25) is 0 Å². The summed E-state index contributed by atoms with van der Waals surface area (Å²) in [5, 5.41) is 0. The first-order valence-electron chi connectivity index (χ1n) is 6.10. The maximum Gasteiger partial charge on any atom is 0.265 e. The van der Waals surface area contributed by atoms with E-state index in [1.807, 2.05) is 0 Å². The molecule has 0 aliphatic carbocycles. The van der Waals surface area contributed by atoms with Gasteiger partial charge in [-0.3, -0.25) is 4.31 Å². The molecule has 0 saturated heterocycles. The molecular weight excluding hydrogens is 364 g/mol. The first-order chi connectivity index (χ1) is 9.87. The molecule has 0 bridgehead atoms. The lowest BCUT2D eigenvalue weighted by Crippen LogP contribution is -2.31. The summed E-state index contributed by atoms with van der Waals surface area (Å²) in [7, 11) is -3.99.